The SMILES string of the molecule is CCn1nc(C)c(NC(=O)CC2CCN(C(=O)c3cc(-c4ccccc4C)n[nH]3)CC2)c1C. The third-order valence-corrected chi connectivity index (χ3v) is 6.55. The Morgan fingerprint density at radius 1 is 1.15 bits per heavy atom. The van der Waals surface area contributed by atoms with Gasteiger partial charge < -0.3 is 10.2 Å². The summed E-state index contributed by atoms with van der Waals surface area (Å²) in [7, 11) is 0. The molecular formula is C25H32N6O2. The number of nitrogens with zero attached hydrogens (tertiary/aromatic N) is 4. The molecule has 3 heterocycles. The molecule has 0 unspecified atom stereocenters. The van der Waals surface area contributed by atoms with Crippen molar-refractivity contribution in [3.63, 3.8) is 0 Å². The number of hydrogen-bond donors (Lipinski definition) is 2. The number of aromatic nitrogens is 4. The lowest BCUT2D eigenvalue weighted by Gasteiger charge is -2.31. The molecule has 3 aromatic rings. The van der Waals surface area contributed by atoms with Gasteiger partial charge in [0.1, 0.15) is 5.69 Å². The summed E-state index contributed by atoms with van der Waals surface area (Å²) in [4.78, 5) is 27.5. The van der Waals surface area contributed by atoms with Crippen LogP contribution >= 0.6 is 0 Å². The number of amides is 2. The second kappa shape index (κ2) is 9.60. The molecule has 4 rings (SSSR count). The van der Waals surface area contributed by atoms with Crippen molar-refractivity contribution < 1.29 is 9.59 Å². The molecule has 0 spiro atoms. The summed E-state index contributed by atoms with van der Waals surface area (Å²) in [5, 5.41) is 14.8. The zero-order valence-corrected chi connectivity index (χ0v) is 19.8. The summed E-state index contributed by atoms with van der Waals surface area (Å²) < 4.78 is 1.90. The average Bonchev–Trinajstić information content (AvgIpc) is 3.40. The molecule has 8 nitrogen and oxygen atoms in total. The monoisotopic (exact) mass is 448 g/mol. The van der Waals surface area contributed by atoms with Crippen molar-refractivity contribution in [3.05, 3.63) is 53.0 Å². The predicted molar refractivity (Wildman–Crippen MR) is 128 cm³/mol. The lowest BCUT2D eigenvalue weighted by molar-refractivity contribution is -0.117. The van der Waals surface area contributed by atoms with Gasteiger partial charge in [-0.05, 0) is 58.1 Å². The molecule has 0 bridgehead atoms. The van der Waals surface area contributed by atoms with Gasteiger partial charge in [0.25, 0.3) is 5.91 Å². The Kier molecular flexibility index (Phi) is 6.62. The molecule has 1 aliphatic heterocycles. The normalized spacial score (nSPS) is 14.5. The van der Waals surface area contributed by atoms with E-state index in [-0.39, 0.29) is 17.7 Å². The predicted octanol–water partition coefficient (Wildman–Crippen LogP) is 4.10. The van der Waals surface area contributed by atoms with E-state index in [0.717, 1.165) is 53.3 Å². The number of anilines is 1. The Bertz CT molecular complexity index is 1150. The molecule has 174 valence electrons. The van der Waals surface area contributed by atoms with Crippen LogP contribution in [-0.2, 0) is 11.3 Å². The molecule has 1 aliphatic rings. The summed E-state index contributed by atoms with van der Waals surface area (Å²) in [6.45, 7) is 10.0. The van der Waals surface area contributed by atoms with Gasteiger partial charge in [-0.2, -0.15) is 10.2 Å². The van der Waals surface area contributed by atoms with Crippen LogP contribution in [0.5, 0.6) is 0 Å². The number of piperidine rings is 1. The number of benzene rings is 1. The Hall–Kier alpha value is -3.42. The summed E-state index contributed by atoms with van der Waals surface area (Å²) in [6, 6.07) is 9.82. The fraction of sp³-hybridized carbons (Fsp3) is 0.440. The van der Waals surface area contributed by atoms with Gasteiger partial charge in [-0.15, -0.1) is 0 Å². The lowest BCUT2D eigenvalue weighted by Crippen LogP contribution is -2.39. The minimum Gasteiger partial charge on any atom is -0.337 e. The Balaban J connectivity index is 1.31. The van der Waals surface area contributed by atoms with Crippen molar-refractivity contribution in [2.24, 2.45) is 5.92 Å². The van der Waals surface area contributed by atoms with E-state index < -0.39 is 0 Å². The molecule has 0 aliphatic carbocycles. The van der Waals surface area contributed by atoms with Crippen molar-refractivity contribution in [2.75, 3.05) is 18.4 Å². The van der Waals surface area contributed by atoms with Crippen LogP contribution in [0.4, 0.5) is 5.69 Å². The zero-order chi connectivity index (χ0) is 23.5. The van der Waals surface area contributed by atoms with E-state index in [4.69, 9.17) is 0 Å². The second-order valence-corrected chi connectivity index (χ2v) is 8.83. The topological polar surface area (TPSA) is 95.9 Å². The molecule has 2 amide bonds. The number of hydrogen-bond acceptors (Lipinski definition) is 4. The van der Waals surface area contributed by atoms with Crippen LogP contribution in [0.3, 0.4) is 0 Å². The summed E-state index contributed by atoms with van der Waals surface area (Å²) in [6.07, 6.45) is 2.08. The first-order chi connectivity index (χ1) is 15.9. The smallest absolute Gasteiger partial charge is 0.271 e. The highest BCUT2D eigenvalue weighted by molar-refractivity contribution is 5.94. The van der Waals surface area contributed by atoms with Crippen LogP contribution in [0.15, 0.2) is 30.3 Å². The maximum absolute atomic E-state index is 13.0. The number of likely N-dealkylation sites (tertiary alicyclic amines) is 1. The van der Waals surface area contributed by atoms with Gasteiger partial charge in [-0.3, -0.25) is 19.4 Å². The highest BCUT2D eigenvalue weighted by Crippen LogP contribution is 2.26. The first-order valence-corrected chi connectivity index (χ1v) is 11.6. The number of aryl methyl sites for hydroxylation is 3. The van der Waals surface area contributed by atoms with Crippen LogP contribution in [-0.4, -0.2) is 49.8 Å². The van der Waals surface area contributed by atoms with Crippen LogP contribution < -0.4 is 5.32 Å². The maximum atomic E-state index is 13.0. The van der Waals surface area contributed by atoms with Crippen LogP contribution in [0.2, 0.25) is 0 Å². The molecule has 1 fully saturated rings. The summed E-state index contributed by atoms with van der Waals surface area (Å²) in [5.74, 6) is 0.238. The zero-order valence-electron chi connectivity index (χ0n) is 19.8. The number of rotatable bonds is 6. The van der Waals surface area contributed by atoms with Crippen LogP contribution in [0.1, 0.15) is 53.6 Å². The van der Waals surface area contributed by atoms with Gasteiger partial charge in [-0.25, -0.2) is 0 Å². The van der Waals surface area contributed by atoms with E-state index in [1.165, 1.54) is 0 Å². The van der Waals surface area contributed by atoms with E-state index >= 15 is 0 Å². The summed E-state index contributed by atoms with van der Waals surface area (Å²) >= 11 is 0. The van der Waals surface area contributed by atoms with Gasteiger partial charge in [0.2, 0.25) is 5.91 Å². The van der Waals surface area contributed by atoms with Crippen molar-refractivity contribution in [3.8, 4) is 11.3 Å². The van der Waals surface area contributed by atoms with Crippen molar-refractivity contribution in [1.29, 1.82) is 0 Å². The first kappa shape index (κ1) is 22.8. The second-order valence-electron chi connectivity index (χ2n) is 8.83. The Morgan fingerprint density at radius 3 is 2.55 bits per heavy atom. The largest absolute Gasteiger partial charge is 0.337 e. The van der Waals surface area contributed by atoms with Crippen LogP contribution in [0.25, 0.3) is 11.3 Å². The van der Waals surface area contributed by atoms with Crippen molar-refractivity contribution in [2.45, 2.75) is 53.5 Å². The fourth-order valence-corrected chi connectivity index (χ4v) is 4.58. The van der Waals surface area contributed by atoms with E-state index in [2.05, 4.69) is 20.6 Å². The standard InChI is InChI=1S/C25H32N6O2/c1-5-31-18(4)24(17(3)29-31)26-23(32)14-19-10-12-30(13-11-19)25(33)22-15-21(27-28-22)20-9-7-6-8-16(20)2/h6-9,15,19H,5,10-14H2,1-4H3,(H,26,32)(H,27,28). The molecule has 2 N–H and O–H groups in total. The van der Waals surface area contributed by atoms with Gasteiger partial charge in [0, 0.05) is 31.6 Å². The Morgan fingerprint density at radius 2 is 1.88 bits per heavy atom. The highest BCUT2D eigenvalue weighted by atomic mass is 16.2. The summed E-state index contributed by atoms with van der Waals surface area (Å²) in [5.41, 5.74) is 6.06. The van der Waals surface area contributed by atoms with E-state index in [1.54, 1.807) is 0 Å². The average molecular weight is 449 g/mol. The highest BCUT2D eigenvalue weighted by Gasteiger charge is 2.27. The Labute approximate surface area is 194 Å². The molecule has 0 atom stereocenters. The van der Waals surface area contributed by atoms with Gasteiger partial charge in [0.15, 0.2) is 0 Å². The number of nitrogens with one attached hydrogen (secondary N) is 2. The van der Waals surface area contributed by atoms with E-state index in [1.807, 2.05) is 67.6 Å². The third kappa shape index (κ3) is 4.84. The molecule has 33 heavy (non-hydrogen) atoms. The number of carbonyl (C=O) groups excluding carboxylic acids is 2. The molecule has 2 aromatic heterocycles. The molecule has 1 saturated heterocycles. The lowest BCUT2D eigenvalue weighted by atomic mass is 9.93. The molecule has 0 radical (unpaired) electrons. The van der Waals surface area contributed by atoms with E-state index in [9.17, 15) is 9.59 Å². The minimum atomic E-state index is -0.0385. The molecule has 8 heteroatoms. The molecular weight excluding hydrogens is 416 g/mol. The fourth-order valence-electron chi connectivity index (χ4n) is 4.58. The quantitative estimate of drug-likeness (QED) is 0.593. The van der Waals surface area contributed by atoms with Crippen molar-refractivity contribution >= 4 is 17.5 Å². The molecule has 1 aromatic carbocycles. The first-order valence-electron chi connectivity index (χ1n) is 11.6. The van der Waals surface area contributed by atoms with E-state index in [0.29, 0.717) is 25.2 Å². The molecule has 0 saturated carbocycles. The third-order valence-electron chi connectivity index (χ3n) is 6.55. The minimum absolute atomic E-state index is 0.0121. The van der Waals surface area contributed by atoms with Gasteiger partial charge in [0.05, 0.1) is 22.8 Å². The van der Waals surface area contributed by atoms with Gasteiger partial charge >= 0.3 is 0 Å². The van der Waals surface area contributed by atoms with Crippen molar-refractivity contribution in [1.82, 2.24) is 24.9 Å². The van der Waals surface area contributed by atoms with Gasteiger partial charge in [-0.1, -0.05) is 24.3 Å². The number of H-pyrrole nitrogens is 1. The maximum Gasteiger partial charge on any atom is 0.271 e. The van der Waals surface area contributed by atoms with Crippen LogP contribution in [0, 0.1) is 26.7 Å². The number of aromatic amines is 1. The number of carbonyl (C=O) groups is 2.